The Morgan fingerprint density at radius 3 is 1.95 bits per heavy atom. The van der Waals surface area contributed by atoms with E-state index < -0.39 is 36.5 Å². The van der Waals surface area contributed by atoms with Crippen molar-refractivity contribution < 1.29 is 53.4 Å². The van der Waals surface area contributed by atoms with Crippen LogP contribution in [0, 0.1) is 0 Å². The predicted octanol–water partition coefficient (Wildman–Crippen LogP) is 3.40. The van der Waals surface area contributed by atoms with Gasteiger partial charge in [-0.15, -0.1) is 0 Å². The van der Waals surface area contributed by atoms with E-state index in [0.717, 1.165) is 5.56 Å². The van der Waals surface area contributed by atoms with Crippen LogP contribution in [-0.2, 0) is 20.7 Å². The number of carboxylic acids is 1. The number of hydrogen-bond acceptors (Lipinski definition) is 10. The van der Waals surface area contributed by atoms with Crippen LogP contribution in [0.1, 0.15) is 44.8 Å². The molecular weight excluding hydrogens is 562 g/mol. The molecule has 3 rings (SSSR count). The number of aliphatic carboxylic acids is 1. The fourth-order valence-electron chi connectivity index (χ4n) is 4.72. The maximum atomic E-state index is 13.4. The van der Waals surface area contributed by atoms with E-state index in [4.69, 9.17) is 28.8 Å². The predicted molar refractivity (Wildman–Crippen MR) is 156 cm³/mol. The lowest BCUT2D eigenvalue weighted by molar-refractivity contribution is -0.139. The van der Waals surface area contributed by atoms with Crippen molar-refractivity contribution in [1.29, 1.82) is 0 Å². The summed E-state index contributed by atoms with van der Waals surface area (Å²) < 4.78 is 28.3. The molecule has 0 spiro atoms. The van der Waals surface area contributed by atoms with Crippen LogP contribution in [0.15, 0.2) is 48.5 Å². The van der Waals surface area contributed by atoms with Crippen LogP contribution in [-0.4, -0.2) is 85.6 Å². The Morgan fingerprint density at radius 1 is 0.860 bits per heavy atom. The molecule has 0 saturated carbocycles. The number of esters is 2. The van der Waals surface area contributed by atoms with Crippen molar-refractivity contribution in [2.24, 2.45) is 0 Å². The molecule has 3 N–H and O–H groups in total. The largest absolute Gasteiger partial charge is 0.493 e. The molecular formula is C31H35NO11. The number of carboxylic acid groups (broad SMARTS) is 1. The monoisotopic (exact) mass is 597 g/mol. The first-order valence-electron chi connectivity index (χ1n) is 13.1. The Balaban J connectivity index is 2.41. The Morgan fingerprint density at radius 2 is 1.44 bits per heavy atom. The van der Waals surface area contributed by atoms with Gasteiger partial charge in [0.2, 0.25) is 5.75 Å². The van der Waals surface area contributed by atoms with Crippen LogP contribution in [0.3, 0.4) is 0 Å². The third-order valence-corrected chi connectivity index (χ3v) is 6.62. The lowest BCUT2D eigenvalue weighted by Gasteiger charge is -2.17. The van der Waals surface area contributed by atoms with E-state index in [1.807, 2.05) is 30.3 Å². The van der Waals surface area contributed by atoms with Crippen LogP contribution in [0.2, 0.25) is 0 Å². The first-order chi connectivity index (χ1) is 20.6. The number of aromatic nitrogens is 1. The third-order valence-electron chi connectivity index (χ3n) is 6.62. The number of rotatable bonds is 14. The topological polar surface area (TPSA) is 163 Å². The minimum Gasteiger partial charge on any atom is -0.493 e. The van der Waals surface area contributed by atoms with Gasteiger partial charge in [-0.1, -0.05) is 30.3 Å². The Labute approximate surface area is 248 Å². The molecule has 1 aromatic heterocycles. The Bertz CT molecular complexity index is 1450. The van der Waals surface area contributed by atoms with Gasteiger partial charge in [0.15, 0.2) is 11.5 Å². The van der Waals surface area contributed by atoms with Crippen molar-refractivity contribution in [1.82, 2.24) is 4.57 Å². The highest BCUT2D eigenvalue weighted by atomic mass is 16.5. The highest BCUT2D eigenvalue weighted by Gasteiger charge is 2.34. The molecule has 2 aromatic carbocycles. The molecule has 0 unspecified atom stereocenters. The van der Waals surface area contributed by atoms with Gasteiger partial charge in [-0.05, 0) is 23.8 Å². The van der Waals surface area contributed by atoms with Crippen LogP contribution in [0.5, 0.6) is 17.2 Å². The van der Waals surface area contributed by atoms with E-state index in [-0.39, 0.29) is 41.2 Å². The zero-order valence-electron chi connectivity index (χ0n) is 24.5. The van der Waals surface area contributed by atoms with Gasteiger partial charge in [0, 0.05) is 30.3 Å². The van der Waals surface area contributed by atoms with Crippen LogP contribution >= 0.6 is 0 Å². The molecule has 0 fully saturated rings. The van der Waals surface area contributed by atoms with Crippen LogP contribution < -0.4 is 14.2 Å². The molecule has 1 heterocycles. The minimum atomic E-state index is -1.31. The first kappa shape index (κ1) is 32.7. The normalized spacial score (nSPS) is 12.4. The van der Waals surface area contributed by atoms with Gasteiger partial charge < -0.3 is 43.6 Å². The highest BCUT2D eigenvalue weighted by molar-refractivity contribution is 6.09. The van der Waals surface area contributed by atoms with E-state index in [1.54, 1.807) is 16.7 Å². The minimum absolute atomic E-state index is 0.0630. The summed E-state index contributed by atoms with van der Waals surface area (Å²) in [5.74, 6) is -2.01. The van der Waals surface area contributed by atoms with Crippen LogP contribution in [0.4, 0.5) is 0 Å². The average molecular weight is 598 g/mol. The fraction of sp³-hybridized carbons (Fsp3) is 0.323. The number of nitrogens with zero attached hydrogens (tertiary/aromatic N) is 1. The molecule has 3 aromatic rings. The Hall–Kier alpha value is -4.81. The molecule has 0 radical (unpaired) electrons. The van der Waals surface area contributed by atoms with Gasteiger partial charge in [-0.2, -0.15) is 0 Å². The van der Waals surface area contributed by atoms with E-state index in [2.05, 4.69) is 0 Å². The number of carbonyl (C=O) groups excluding carboxylic acids is 2. The van der Waals surface area contributed by atoms with Crippen molar-refractivity contribution in [2.45, 2.75) is 31.5 Å². The van der Waals surface area contributed by atoms with Gasteiger partial charge in [-0.25, -0.2) is 9.59 Å². The third kappa shape index (κ3) is 7.53. The standard InChI is InChI=1S/C31H35NO11/c1-39-23-14-19(15-24(40-2)29(23)41-3)28-27(31(38)43-5)26(30(37)42-4)22(13-18-9-7-6-8-10-18)32(28)12-11-20(33)16-21(34)17-25(35)36/h6-12,14-15,20-21,33-34H,13,16-17H2,1-5H3,(H,35,36)/b12-11+/t20-,21-/m1/s1. The molecule has 43 heavy (non-hydrogen) atoms. The zero-order chi connectivity index (χ0) is 31.7. The highest BCUT2D eigenvalue weighted by Crippen LogP contribution is 2.44. The fourth-order valence-corrected chi connectivity index (χ4v) is 4.72. The lowest BCUT2D eigenvalue weighted by Crippen LogP contribution is -2.19. The number of benzene rings is 2. The van der Waals surface area contributed by atoms with Gasteiger partial charge in [0.05, 0.1) is 65.4 Å². The molecule has 0 saturated heterocycles. The first-order valence-corrected chi connectivity index (χ1v) is 13.1. The van der Waals surface area contributed by atoms with E-state index in [0.29, 0.717) is 17.0 Å². The van der Waals surface area contributed by atoms with Crippen molar-refractivity contribution in [2.75, 3.05) is 35.5 Å². The molecule has 0 amide bonds. The van der Waals surface area contributed by atoms with Gasteiger partial charge in [-0.3, -0.25) is 4.79 Å². The van der Waals surface area contributed by atoms with Crippen molar-refractivity contribution in [3.63, 3.8) is 0 Å². The summed E-state index contributed by atoms with van der Waals surface area (Å²) in [6.45, 7) is 0. The van der Waals surface area contributed by atoms with Crippen molar-refractivity contribution >= 4 is 24.1 Å². The van der Waals surface area contributed by atoms with Crippen molar-refractivity contribution in [3.8, 4) is 28.5 Å². The number of ether oxygens (including phenoxy) is 5. The molecule has 0 aliphatic heterocycles. The summed E-state index contributed by atoms with van der Waals surface area (Å²) in [5, 5.41) is 29.7. The summed E-state index contributed by atoms with van der Waals surface area (Å²) in [5.41, 5.74) is 1.50. The second kappa shape index (κ2) is 14.9. The summed E-state index contributed by atoms with van der Waals surface area (Å²) in [7, 11) is 6.68. The maximum Gasteiger partial charge on any atom is 0.340 e. The number of aliphatic hydroxyl groups is 2. The van der Waals surface area contributed by atoms with Gasteiger partial charge in [0.25, 0.3) is 0 Å². The summed E-state index contributed by atoms with van der Waals surface area (Å²) in [6, 6.07) is 12.4. The number of hydrogen-bond donors (Lipinski definition) is 3. The molecule has 2 atom stereocenters. The number of carbonyl (C=O) groups is 3. The van der Waals surface area contributed by atoms with Crippen molar-refractivity contribution in [3.05, 3.63) is 70.9 Å². The van der Waals surface area contributed by atoms with Gasteiger partial charge >= 0.3 is 17.9 Å². The quantitative estimate of drug-likeness (QED) is 0.233. The summed E-state index contributed by atoms with van der Waals surface area (Å²) >= 11 is 0. The molecule has 12 heteroatoms. The zero-order valence-corrected chi connectivity index (χ0v) is 24.5. The smallest absolute Gasteiger partial charge is 0.340 e. The van der Waals surface area contributed by atoms with Crippen LogP contribution in [0.25, 0.3) is 17.5 Å². The molecule has 230 valence electrons. The maximum absolute atomic E-state index is 13.4. The number of methoxy groups -OCH3 is 5. The molecule has 0 aliphatic rings. The second-order valence-corrected chi connectivity index (χ2v) is 9.37. The molecule has 0 bridgehead atoms. The average Bonchev–Trinajstić information content (AvgIpc) is 3.31. The Kier molecular flexibility index (Phi) is 11.3. The van der Waals surface area contributed by atoms with E-state index in [9.17, 15) is 24.6 Å². The van der Waals surface area contributed by atoms with Gasteiger partial charge in [0.1, 0.15) is 5.56 Å². The van der Waals surface area contributed by atoms with E-state index in [1.165, 1.54) is 47.8 Å². The van der Waals surface area contributed by atoms with E-state index >= 15 is 0 Å². The summed E-state index contributed by atoms with van der Waals surface area (Å²) in [6.07, 6.45) is -0.498. The SMILES string of the molecule is COC(=O)c1c(C(=O)OC)c(-c2cc(OC)c(OC)c(OC)c2)n(/C=C/[C@@H](O)C[C@@H](O)CC(=O)O)c1Cc1ccccc1. The molecule has 0 aliphatic carbocycles. The summed E-state index contributed by atoms with van der Waals surface area (Å²) in [4.78, 5) is 37.7. The number of aliphatic hydroxyl groups excluding tert-OH is 2. The second-order valence-electron chi connectivity index (χ2n) is 9.37. The molecule has 12 nitrogen and oxygen atoms in total. The lowest BCUT2D eigenvalue weighted by atomic mass is 10.0.